The zero-order valence-electron chi connectivity index (χ0n) is 14.0. The number of carbonyl (C=O) groups excluding carboxylic acids is 1. The lowest BCUT2D eigenvalue weighted by atomic mass is 10.2. The molecule has 0 fully saturated rings. The van der Waals surface area contributed by atoms with Crippen LogP contribution in [-0.2, 0) is 9.53 Å². The zero-order chi connectivity index (χ0) is 19.2. The third kappa shape index (κ3) is 4.35. The molecule has 2 N–H and O–H groups in total. The van der Waals surface area contributed by atoms with Crippen molar-refractivity contribution in [1.82, 2.24) is 9.97 Å². The summed E-state index contributed by atoms with van der Waals surface area (Å²) in [6.45, 7) is -0.453. The highest BCUT2D eigenvalue weighted by atomic mass is 35.5. The maximum Gasteiger partial charge on any atom is 0.331 e. The number of nitrogens with one attached hydrogen (secondary N) is 1. The molecule has 0 radical (unpaired) electrons. The number of aliphatic hydroxyl groups excluding tert-OH is 1. The summed E-state index contributed by atoms with van der Waals surface area (Å²) in [5.74, 6) is -0.863. The fraction of sp³-hybridized carbons (Fsp3) is 0.0500. The molecule has 3 rings (SSSR count). The van der Waals surface area contributed by atoms with E-state index in [1.165, 1.54) is 12.2 Å². The average Bonchev–Trinajstić information content (AvgIpc) is 3.10. The minimum absolute atomic E-state index is 0.0888. The van der Waals surface area contributed by atoms with E-state index >= 15 is 0 Å². The number of carbonyl (C=O) groups is 1. The number of halogens is 1. The Morgan fingerprint density at radius 3 is 2.74 bits per heavy atom. The minimum atomic E-state index is -0.677. The monoisotopic (exact) mass is 379 g/mol. The predicted molar refractivity (Wildman–Crippen MR) is 103 cm³/mol. The molecular weight excluding hydrogens is 366 g/mol. The molecular formula is C20H14ClN3O3. The van der Waals surface area contributed by atoms with Crippen molar-refractivity contribution in [3.05, 3.63) is 76.8 Å². The van der Waals surface area contributed by atoms with Crippen molar-refractivity contribution in [2.75, 3.05) is 6.61 Å². The van der Waals surface area contributed by atoms with E-state index in [2.05, 4.69) is 9.97 Å². The molecule has 1 heterocycles. The quantitative estimate of drug-likeness (QED) is 0.298. The Kier molecular flexibility index (Phi) is 5.55. The summed E-state index contributed by atoms with van der Waals surface area (Å²) in [6, 6.07) is 16.1. The average molecular weight is 380 g/mol. The minimum Gasteiger partial charge on any atom is -0.507 e. The van der Waals surface area contributed by atoms with E-state index in [4.69, 9.17) is 16.3 Å². The molecule has 0 saturated heterocycles. The first kappa shape index (κ1) is 18.2. The largest absolute Gasteiger partial charge is 0.507 e. The van der Waals surface area contributed by atoms with Crippen LogP contribution in [0.5, 0.6) is 0 Å². The van der Waals surface area contributed by atoms with Gasteiger partial charge in [-0.2, -0.15) is 5.26 Å². The van der Waals surface area contributed by atoms with E-state index in [0.29, 0.717) is 16.1 Å². The van der Waals surface area contributed by atoms with Crippen LogP contribution in [-0.4, -0.2) is 27.7 Å². The topological polar surface area (TPSA) is 99.0 Å². The van der Waals surface area contributed by atoms with Gasteiger partial charge in [0.15, 0.2) is 11.6 Å². The number of H-pyrrole nitrogens is 1. The number of ether oxygens (including phenoxy) is 1. The molecule has 0 saturated carbocycles. The van der Waals surface area contributed by atoms with Crippen LogP contribution >= 0.6 is 11.6 Å². The fourth-order valence-electron chi connectivity index (χ4n) is 2.35. The van der Waals surface area contributed by atoms with E-state index in [-0.39, 0.29) is 11.4 Å². The van der Waals surface area contributed by atoms with Gasteiger partial charge in [0.1, 0.15) is 18.2 Å². The number of aromatic amines is 1. The number of nitriles is 1. The maximum atomic E-state index is 11.8. The van der Waals surface area contributed by atoms with Gasteiger partial charge in [-0.15, -0.1) is 0 Å². The number of imidazole rings is 1. The molecule has 0 aliphatic carbocycles. The molecule has 0 spiro atoms. The number of para-hydroxylation sites is 2. The number of rotatable bonds is 5. The molecule has 1 aromatic heterocycles. The number of hydrogen-bond acceptors (Lipinski definition) is 5. The van der Waals surface area contributed by atoms with Gasteiger partial charge in [-0.05, 0) is 29.8 Å². The molecule has 3 aromatic rings. The first-order valence-electron chi connectivity index (χ1n) is 7.95. The van der Waals surface area contributed by atoms with Crippen molar-refractivity contribution in [3.8, 4) is 6.07 Å². The van der Waals surface area contributed by atoms with Crippen LogP contribution in [0, 0.1) is 11.3 Å². The van der Waals surface area contributed by atoms with Crippen LogP contribution in [0.2, 0.25) is 5.02 Å². The molecule has 0 atom stereocenters. The summed E-state index contributed by atoms with van der Waals surface area (Å²) in [5, 5.41) is 20.0. The number of esters is 1. The number of allylic oxidation sites excluding steroid dienone is 1. The summed E-state index contributed by atoms with van der Waals surface area (Å²) in [5.41, 5.74) is 1.96. The smallest absolute Gasteiger partial charge is 0.331 e. The van der Waals surface area contributed by atoms with Gasteiger partial charge in [0, 0.05) is 11.1 Å². The van der Waals surface area contributed by atoms with Gasteiger partial charge in [-0.25, -0.2) is 9.78 Å². The number of fused-ring (bicyclic) bond motifs is 1. The van der Waals surface area contributed by atoms with Gasteiger partial charge in [-0.3, -0.25) is 0 Å². The van der Waals surface area contributed by atoms with Crippen molar-refractivity contribution in [1.29, 1.82) is 5.26 Å². The highest BCUT2D eigenvalue weighted by Gasteiger charge is 2.14. The molecule has 0 bridgehead atoms. The Morgan fingerprint density at radius 1 is 1.26 bits per heavy atom. The van der Waals surface area contributed by atoms with E-state index in [9.17, 15) is 15.2 Å². The molecule has 27 heavy (non-hydrogen) atoms. The van der Waals surface area contributed by atoms with Crippen molar-refractivity contribution >= 4 is 40.3 Å². The zero-order valence-corrected chi connectivity index (χ0v) is 14.8. The first-order valence-corrected chi connectivity index (χ1v) is 8.33. The Bertz CT molecular complexity index is 1060. The van der Waals surface area contributed by atoms with Crippen LogP contribution in [0.25, 0.3) is 22.7 Å². The standard InChI is InChI=1S/C20H14ClN3O3/c21-15-6-2-1-5-13(15)9-10-19(26)27-12-18(25)14(11-22)20-23-16-7-3-4-8-17(16)24-20/h1-10,25H,12H2,(H,23,24). The molecule has 0 aliphatic rings. The molecule has 134 valence electrons. The number of benzene rings is 2. The molecule has 2 aromatic carbocycles. The predicted octanol–water partition coefficient (Wildman–Crippen LogP) is 4.27. The highest BCUT2D eigenvalue weighted by Crippen LogP contribution is 2.19. The van der Waals surface area contributed by atoms with Gasteiger partial charge >= 0.3 is 5.97 Å². The van der Waals surface area contributed by atoms with Gasteiger partial charge in [-0.1, -0.05) is 41.9 Å². The fourth-order valence-corrected chi connectivity index (χ4v) is 2.55. The van der Waals surface area contributed by atoms with E-state index < -0.39 is 18.3 Å². The van der Waals surface area contributed by atoms with Crippen molar-refractivity contribution in [3.63, 3.8) is 0 Å². The number of nitrogens with zero attached hydrogens (tertiary/aromatic N) is 2. The van der Waals surface area contributed by atoms with Gasteiger partial charge in [0.2, 0.25) is 0 Å². The second-order valence-corrected chi connectivity index (χ2v) is 5.91. The van der Waals surface area contributed by atoms with Crippen molar-refractivity contribution in [2.24, 2.45) is 0 Å². The second-order valence-electron chi connectivity index (χ2n) is 5.50. The Balaban J connectivity index is 1.70. The van der Waals surface area contributed by atoms with Crippen molar-refractivity contribution in [2.45, 2.75) is 0 Å². The summed E-state index contributed by atoms with van der Waals surface area (Å²) in [6.07, 6.45) is 2.71. The number of aromatic nitrogens is 2. The van der Waals surface area contributed by atoms with E-state index in [1.807, 2.05) is 18.2 Å². The first-order chi connectivity index (χ1) is 13.1. The lowest BCUT2D eigenvalue weighted by Crippen LogP contribution is -2.06. The van der Waals surface area contributed by atoms with E-state index in [1.54, 1.807) is 36.4 Å². The van der Waals surface area contributed by atoms with Gasteiger partial charge in [0.25, 0.3) is 0 Å². The molecule has 0 unspecified atom stereocenters. The normalized spacial score (nSPS) is 12.0. The van der Waals surface area contributed by atoms with Crippen LogP contribution in [0.3, 0.4) is 0 Å². The van der Waals surface area contributed by atoms with Crippen LogP contribution in [0.4, 0.5) is 0 Å². The third-order valence-electron chi connectivity index (χ3n) is 3.68. The summed E-state index contributed by atoms with van der Waals surface area (Å²) in [7, 11) is 0. The van der Waals surface area contributed by atoms with Crippen LogP contribution < -0.4 is 0 Å². The van der Waals surface area contributed by atoms with Gasteiger partial charge < -0.3 is 14.8 Å². The van der Waals surface area contributed by atoms with Crippen LogP contribution in [0.1, 0.15) is 11.4 Å². The Labute approximate surface area is 160 Å². The SMILES string of the molecule is N#CC(=C(O)COC(=O)C=Cc1ccccc1Cl)c1nc2ccccc2[nH]1. The molecule has 0 aliphatic heterocycles. The van der Waals surface area contributed by atoms with E-state index in [0.717, 1.165) is 5.52 Å². The van der Waals surface area contributed by atoms with Crippen molar-refractivity contribution < 1.29 is 14.6 Å². The van der Waals surface area contributed by atoms with Crippen LogP contribution in [0.15, 0.2) is 60.4 Å². The maximum absolute atomic E-state index is 11.8. The summed E-state index contributed by atoms with van der Waals surface area (Å²) in [4.78, 5) is 19.0. The molecule has 6 nitrogen and oxygen atoms in total. The lowest BCUT2D eigenvalue weighted by molar-refractivity contribution is -0.137. The number of aliphatic hydroxyl groups is 1. The second kappa shape index (κ2) is 8.21. The summed E-state index contributed by atoms with van der Waals surface area (Å²) < 4.78 is 4.97. The molecule has 0 amide bonds. The Morgan fingerprint density at radius 2 is 2.00 bits per heavy atom. The third-order valence-corrected chi connectivity index (χ3v) is 4.03. The molecule has 7 heteroatoms. The number of hydrogen-bond donors (Lipinski definition) is 2. The highest BCUT2D eigenvalue weighted by molar-refractivity contribution is 6.32. The van der Waals surface area contributed by atoms with Gasteiger partial charge in [0.05, 0.1) is 11.0 Å². The summed E-state index contributed by atoms with van der Waals surface area (Å²) >= 11 is 6.00. The Hall–Kier alpha value is -3.56. The lowest BCUT2D eigenvalue weighted by Gasteiger charge is -2.03.